The molecule has 3 aromatic rings. The molecule has 1 amide bonds. The maximum atomic E-state index is 12.8. The molecule has 0 fully saturated rings. The minimum absolute atomic E-state index is 0.181. The number of imidazole rings is 1. The monoisotopic (exact) mass is 389 g/mol. The topological polar surface area (TPSA) is 56.1 Å². The average Bonchev–Trinajstić information content (AvgIpc) is 3.15. The summed E-state index contributed by atoms with van der Waals surface area (Å²) in [6.45, 7) is 6.87. The second-order valence-electron chi connectivity index (χ2n) is 7.73. The Morgan fingerprint density at radius 1 is 1.14 bits per heavy atom. The van der Waals surface area contributed by atoms with E-state index in [0.29, 0.717) is 5.75 Å². The van der Waals surface area contributed by atoms with E-state index in [4.69, 9.17) is 9.72 Å². The third-order valence-electron chi connectivity index (χ3n) is 5.53. The molecule has 5 nitrogen and oxygen atoms in total. The van der Waals surface area contributed by atoms with E-state index in [0.717, 1.165) is 41.3 Å². The summed E-state index contributed by atoms with van der Waals surface area (Å²) in [6.07, 6.45) is 4.86. The number of hydrogen-bond acceptors (Lipinski definition) is 3. The lowest BCUT2D eigenvalue weighted by atomic mass is 10.1. The van der Waals surface area contributed by atoms with E-state index >= 15 is 0 Å². The maximum Gasteiger partial charge on any atom is 0.265 e. The number of aromatic nitrogens is 2. The molecular weight excluding hydrogens is 362 g/mol. The third-order valence-corrected chi connectivity index (χ3v) is 5.53. The summed E-state index contributed by atoms with van der Waals surface area (Å²) in [7, 11) is 0. The van der Waals surface area contributed by atoms with E-state index < -0.39 is 6.10 Å². The maximum absolute atomic E-state index is 12.8. The van der Waals surface area contributed by atoms with Gasteiger partial charge < -0.3 is 14.6 Å². The Hall–Kier alpha value is -3.08. The molecule has 0 bridgehead atoms. The molecular formula is C24H27N3O2. The first-order valence-corrected chi connectivity index (χ1v) is 10.2. The highest BCUT2D eigenvalue weighted by molar-refractivity contribution is 5.97. The molecule has 1 aliphatic heterocycles. The van der Waals surface area contributed by atoms with E-state index in [1.165, 1.54) is 18.4 Å². The average molecular weight is 389 g/mol. The molecule has 4 rings (SSSR count). The molecule has 0 spiro atoms. The lowest BCUT2D eigenvalue weighted by Gasteiger charge is -2.17. The van der Waals surface area contributed by atoms with Gasteiger partial charge in [0.05, 0.1) is 11.4 Å². The summed E-state index contributed by atoms with van der Waals surface area (Å²) in [5.74, 6) is 1.64. The number of aryl methyl sites for hydroxylation is 4. The number of nitrogens with one attached hydrogen (secondary N) is 1. The first-order chi connectivity index (χ1) is 14.0. The highest BCUT2D eigenvalue weighted by Gasteiger charge is 2.19. The third kappa shape index (κ3) is 4.19. The predicted molar refractivity (Wildman–Crippen MR) is 115 cm³/mol. The van der Waals surface area contributed by atoms with Crippen LogP contribution in [0.1, 0.15) is 36.7 Å². The number of hydrogen-bond donors (Lipinski definition) is 1. The van der Waals surface area contributed by atoms with Crippen molar-refractivity contribution in [2.75, 3.05) is 5.32 Å². The van der Waals surface area contributed by atoms with Gasteiger partial charge in [0, 0.05) is 24.7 Å². The van der Waals surface area contributed by atoms with Crippen molar-refractivity contribution in [1.29, 1.82) is 0 Å². The largest absolute Gasteiger partial charge is 0.481 e. The van der Waals surface area contributed by atoms with E-state index in [1.54, 1.807) is 6.92 Å². The van der Waals surface area contributed by atoms with Crippen LogP contribution >= 0.6 is 0 Å². The van der Waals surface area contributed by atoms with Crippen LogP contribution in [0.2, 0.25) is 0 Å². The molecule has 150 valence electrons. The molecule has 0 radical (unpaired) electrons. The van der Waals surface area contributed by atoms with Gasteiger partial charge in [0.2, 0.25) is 0 Å². The molecule has 29 heavy (non-hydrogen) atoms. The number of carbonyl (C=O) groups excluding carboxylic acids is 1. The van der Waals surface area contributed by atoms with E-state index in [2.05, 4.69) is 23.0 Å². The summed E-state index contributed by atoms with van der Waals surface area (Å²) in [4.78, 5) is 17.6. The van der Waals surface area contributed by atoms with Gasteiger partial charge in [-0.25, -0.2) is 4.98 Å². The van der Waals surface area contributed by atoms with Crippen LogP contribution in [0.4, 0.5) is 5.69 Å². The van der Waals surface area contributed by atoms with Gasteiger partial charge in [-0.3, -0.25) is 4.79 Å². The van der Waals surface area contributed by atoms with E-state index in [9.17, 15) is 4.79 Å². The van der Waals surface area contributed by atoms with Crippen LogP contribution in [-0.2, 0) is 17.8 Å². The molecule has 2 aromatic carbocycles. The first-order valence-electron chi connectivity index (χ1n) is 10.2. The molecule has 1 atom stereocenters. The zero-order chi connectivity index (χ0) is 20.4. The first kappa shape index (κ1) is 19.2. The molecule has 5 heteroatoms. The Balaban J connectivity index is 1.51. The summed E-state index contributed by atoms with van der Waals surface area (Å²) in [5.41, 5.74) is 4.93. The van der Waals surface area contributed by atoms with Gasteiger partial charge in [-0.2, -0.15) is 0 Å². The lowest BCUT2D eigenvalue weighted by Crippen LogP contribution is -2.30. The summed E-state index contributed by atoms with van der Waals surface area (Å²) < 4.78 is 8.09. The fraction of sp³-hybridized carbons (Fsp3) is 0.333. The van der Waals surface area contributed by atoms with Crippen LogP contribution in [0, 0.1) is 13.8 Å². The number of carbonyl (C=O) groups is 1. The fourth-order valence-electron chi connectivity index (χ4n) is 3.64. The Morgan fingerprint density at radius 3 is 2.76 bits per heavy atom. The molecule has 2 heterocycles. The minimum Gasteiger partial charge on any atom is -0.481 e. The van der Waals surface area contributed by atoms with Crippen molar-refractivity contribution in [1.82, 2.24) is 9.55 Å². The van der Waals surface area contributed by atoms with Gasteiger partial charge in [-0.15, -0.1) is 0 Å². The van der Waals surface area contributed by atoms with E-state index in [1.807, 2.05) is 49.4 Å². The normalized spacial score (nSPS) is 14.2. The number of para-hydroxylation sites is 1. The lowest BCUT2D eigenvalue weighted by molar-refractivity contribution is -0.122. The zero-order valence-electron chi connectivity index (χ0n) is 17.2. The van der Waals surface area contributed by atoms with Crippen LogP contribution in [0.25, 0.3) is 11.3 Å². The number of amides is 1. The van der Waals surface area contributed by atoms with Crippen LogP contribution < -0.4 is 10.1 Å². The zero-order valence-corrected chi connectivity index (χ0v) is 17.2. The van der Waals surface area contributed by atoms with Gasteiger partial charge in [0.15, 0.2) is 6.10 Å². The van der Waals surface area contributed by atoms with Gasteiger partial charge in [-0.05, 0) is 62.9 Å². The Labute approximate surface area is 171 Å². The SMILES string of the molecule is Cc1ccc(OC(C)C(=O)Nc2ccccc2-c2cn3c(n2)CCCC3)cc1C. The van der Waals surface area contributed by atoms with Gasteiger partial charge in [0.25, 0.3) is 5.91 Å². The van der Waals surface area contributed by atoms with Crippen molar-refractivity contribution < 1.29 is 9.53 Å². The van der Waals surface area contributed by atoms with Crippen LogP contribution in [-0.4, -0.2) is 21.6 Å². The minimum atomic E-state index is -0.611. The molecule has 1 aliphatic rings. The molecule has 1 unspecified atom stereocenters. The van der Waals surface area contributed by atoms with Crippen molar-refractivity contribution in [3.63, 3.8) is 0 Å². The Kier molecular flexibility index (Phi) is 5.38. The molecule has 0 saturated carbocycles. The smallest absolute Gasteiger partial charge is 0.265 e. The van der Waals surface area contributed by atoms with Gasteiger partial charge in [-0.1, -0.05) is 24.3 Å². The number of benzene rings is 2. The van der Waals surface area contributed by atoms with Crippen molar-refractivity contribution in [3.8, 4) is 17.0 Å². The molecule has 1 N–H and O–H groups in total. The van der Waals surface area contributed by atoms with Gasteiger partial charge in [0.1, 0.15) is 11.6 Å². The van der Waals surface area contributed by atoms with Crippen molar-refractivity contribution in [2.24, 2.45) is 0 Å². The van der Waals surface area contributed by atoms with Crippen LogP contribution in [0.15, 0.2) is 48.7 Å². The fourth-order valence-corrected chi connectivity index (χ4v) is 3.64. The second kappa shape index (κ2) is 8.11. The quantitative estimate of drug-likeness (QED) is 0.675. The molecule has 0 aliphatic carbocycles. The summed E-state index contributed by atoms with van der Waals surface area (Å²) in [5, 5.41) is 3.02. The Morgan fingerprint density at radius 2 is 1.97 bits per heavy atom. The highest BCUT2D eigenvalue weighted by atomic mass is 16.5. The number of fused-ring (bicyclic) bond motifs is 1. The van der Waals surface area contributed by atoms with E-state index in [-0.39, 0.29) is 5.91 Å². The number of ether oxygens (including phenoxy) is 1. The predicted octanol–water partition coefficient (Wildman–Crippen LogP) is 4.91. The Bertz CT molecular complexity index is 1010. The summed E-state index contributed by atoms with van der Waals surface area (Å²) >= 11 is 0. The number of rotatable bonds is 5. The standard InChI is InChI=1S/C24H27N3O2/c1-16-11-12-19(14-17(16)2)29-18(3)24(28)26-21-9-5-4-8-20(21)22-15-27-13-7-6-10-23(27)25-22/h4-5,8-9,11-12,14-15,18H,6-7,10,13H2,1-3H3,(H,26,28). The molecule has 1 aromatic heterocycles. The number of nitrogens with zero attached hydrogens (tertiary/aromatic N) is 2. The van der Waals surface area contributed by atoms with Gasteiger partial charge >= 0.3 is 0 Å². The highest BCUT2D eigenvalue weighted by Crippen LogP contribution is 2.29. The van der Waals surface area contributed by atoms with Crippen LogP contribution in [0.3, 0.4) is 0 Å². The van der Waals surface area contributed by atoms with Crippen molar-refractivity contribution in [2.45, 2.75) is 52.7 Å². The van der Waals surface area contributed by atoms with Crippen LogP contribution in [0.5, 0.6) is 5.75 Å². The number of anilines is 1. The van der Waals surface area contributed by atoms with Crippen molar-refractivity contribution >= 4 is 11.6 Å². The summed E-state index contributed by atoms with van der Waals surface area (Å²) in [6, 6.07) is 13.7. The molecule has 0 saturated heterocycles. The second-order valence-corrected chi connectivity index (χ2v) is 7.73. The van der Waals surface area contributed by atoms with Crippen molar-refractivity contribution in [3.05, 3.63) is 65.6 Å².